The largest absolute Gasteiger partial charge is 0.373 e. The lowest BCUT2D eigenvalue weighted by Crippen LogP contribution is -2.59. The Kier molecular flexibility index (Phi) is 12.5. The lowest BCUT2D eigenvalue weighted by atomic mass is 9.81. The molecule has 6 heteroatoms. The van der Waals surface area contributed by atoms with Crippen LogP contribution in [0.2, 0.25) is 0 Å². The maximum Gasteiger partial charge on any atom is 0.0612 e. The van der Waals surface area contributed by atoms with Crippen LogP contribution in [0, 0.1) is 11.8 Å². The zero-order valence-electron chi connectivity index (χ0n) is 30.6. The predicted octanol–water partition coefficient (Wildman–Crippen LogP) is 6.44. The highest BCUT2D eigenvalue weighted by Crippen LogP contribution is 2.37. The summed E-state index contributed by atoms with van der Waals surface area (Å²) >= 11 is 0. The van der Waals surface area contributed by atoms with Gasteiger partial charge in [0.2, 0.25) is 0 Å². The number of hydrogen-bond donors (Lipinski definition) is 0. The van der Waals surface area contributed by atoms with Gasteiger partial charge >= 0.3 is 0 Å². The van der Waals surface area contributed by atoms with E-state index in [1.54, 1.807) is 0 Å². The first-order valence-corrected chi connectivity index (χ1v) is 18.5. The van der Waals surface area contributed by atoms with Crippen molar-refractivity contribution in [2.24, 2.45) is 11.8 Å². The Balaban J connectivity index is 1.46. The molecule has 3 saturated heterocycles. The fourth-order valence-corrected chi connectivity index (χ4v) is 8.71. The smallest absolute Gasteiger partial charge is 0.0612 e. The Morgan fingerprint density at radius 1 is 0.674 bits per heavy atom. The van der Waals surface area contributed by atoms with E-state index in [1.807, 2.05) is 0 Å². The van der Waals surface area contributed by atoms with Gasteiger partial charge in [0.1, 0.15) is 0 Å². The Hall–Kier alpha value is -0.240. The van der Waals surface area contributed by atoms with E-state index in [0.29, 0.717) is 36.3 Å². The minimum atomic E-state index is -0.0408. The summed E-state index contributed by atoms with van der Waals surface area (Å²) in [7, 11) is 0. The van der Waals surface area contributed by atoms with Crippen molar-refractivity contribution in [1.82, 2.24) is 24.5 Å². The molecule has 252 valence electrons. The van der Waals surface area contributed by atoms with Crippen LogP contribution in [0.5, 0.6) is 0 Å². The molecule has 0 aromatic rings. The van der Waals surface area contributed by atoms with Gasteiger partial charge in [0.05, 0.1) is 11.7 Å². The molecule has 0 N–H and O–H groups in total. The maximum atomic E-state index is 6.45. The van der Waals surface area contributed by atoms with Crippen LogP contribution < -0.4 is 0 Å². The number of nitrogens with zero attached hydrogens (tertiary/aromatic N) is 5. The first-order valence-electron chi connectivity index (χ1n) is 18.5. The molecule has 2 unspecified atom stereocenters. The summed E-state index contributed by atoms with van der Waals surface area (Å²) in [6.45, 7) is 37.3. The topological polar surface area (TPSA) is 25.4 Å². The van der Waals surface area contributed by atoms with Gasteiger partial charge in [-0.15, -0.1) is 0 Å². The predicted molar refractivity (Wildman–Crippen MR) is 184 cm³/mol. The van der Waals surface area contributed by atoms with Gasteiger partial charge in [0, 0.05) is 68.5 Å². The van der Waals surface area contributed by atoms with Crippen molar-refractivity contribution in [3.63, 3.8) is 0 Å². The molecule has 3 heterocycles. The van der Waals surface area contributed by atoms with Crippen molar-refractivity contribution in [2.75, 3.05) is 58.9 Å². The van der Waals surface area contributed by atoms with E-state index in [1.165, 1.54) is 104 Å². The van der Waals surface area contributed by atoms with E-state index < -0.39 is 0 Å². The molecule has 0 spiro atoms. The SMILES string of the molecule is CC(C)N1CCC(CN(C(C)CC(C2CCN(C(C)(C)C)CC2)N2CCN(C(C)C)CC2)C2CC(OC(C)(C)C)C2)CC1. The Labute approximate surface area is 268 Å². The second-order valence-electron chi connectivity index (χ2n) is 17.6. The normalized spacial score (nSPS) is 28.6. The third-order valence-corrected chi connectivity index (χ3v) is 11.6. The Morgan fingerprint density at radius 2 is 1.19 bits per heavy atom. The third kappa shape index (κ3) is 10.1. The molecule has 4 rings (SSSR count). The number of piperidine rings is 2. The van der Waals surface area contributed by atoms with E-state index in [9.17, 15) is 0 Å². The van der Waals surface area contributed by atoms with Gasteiger partial charge in [-0.1, -0.05) is 0 Å². The number of hydrogen-bond acceptors (Lipinski definition) is 6. The highest BCUT2D eigenvalue weighted by molar-refractivity contribution is 4.96. The summed E-state index contributed by atoms with van der Waals surface area (Å²) in [4.78, 5) is 14.1. The summed E-state index contributed by atoms with van der Waals surface area (Å²) in [5.74, 6) is 1.66. The molecule has 2 atom stereocenters. The quantitative estimate of drug-likeness (QED) is 0.270. The molecular weight excluding hydrogens is 530 g/mol. The molecule has 0 bridgehead atoms. The van der Waals surface area contributed by atoms with Crippen molar-refractivity contribution in [3.05, 3.63) is 0 Å². The van der Waals surface area contributed by atoms with Crippen LogP contribution in [-0.4, -0.2) is 131 Å². The number of piperazine rings is 1. The van der Waals surface area contributed by atoms with Crippen molar-refractivity contribution in [1.29, 1.82) is 0 Å². The Morgan fingerprint density at radius 3 is 1.67 bits per heavy atom. The summed E-state index contributed by atoms with van der Waals surface area (Å²) in [6.07, 6.45) is 9.64. The minimum Gasteiger partial charge on any atom is -0.373 e. The van der Waals surface area contributed by atoms with Gasteiger partial charge in [-0.05, 0) is 159 Å². The lowest BCUT2D eigenvalue weighted by molar-refractivity contribution is -0.128. The van der Waals surface area contributed by atoms with Gasteiger partial charge in [0.25, 0.3) is 0 Å². The zero-order chi connectivity index (χ0) is 31.5. The fraction of sp³-hybridized carbons (Fsp3) is 1.00. The molecule has 4 aliphatic rings. The fourth-order valence-electron chi connectivity index (χ4n) is 8.71. The van der Waals surface area contributed by atoms with Crippen molar-refractivity contribution in [2.45, 2.75) is 169 Å². The van der Waals surface area contributed by atoms with Gasteiger partial charge < -0.3 is 9.64 Å². The standard InChI is InChI=1S/C37H73N5O/c1-28(2)38-16-12-31(13-17-38)27-42(33-25-34(26-33)43-37(9,10)11)30(5)24-35(40-22-20-39(21-23-40)29(3)4)32-14-18-41(19-15-32)36(6,7)8/h28-35H,12-27H2,1-11H3. The molecule has 0 amide bonds. The summed E-state index contributed by atoms with van der Waals surface area (Å²) < 4.78 is 6.45. The molecule has 1 aliphatic carbocycles. The van der Waals surface area contributed by atoms with Gasteiger partial charge in [-0.3, -0.25) is 19.6 Å². The van der Waals surface area contributed by atoms with Crippen LogP contribution in [0.4, 0.5) is 0 Å². The molecule has 4 fully saturated rings. The van der Waals surface area contributed by atoms with Crippen LogP contribution in [-0.2, 0) is 4.74 Å². The average molecular weight is 604 g/mol. The second-order valence-corrected chi connectivity index (χ2v) is 17.6. The molecule has 0 aromatic heterocycles. The first-order chi connectivity index (χ1) is 20.1. The van der Waals surface area contributed by atoms with E-state index in [0.717, 1.165) is 11.8 Å². The average Bonchev–Trinajstić information content (AvgIpc) is 2.91. The van der Waals surface area contributed by atoms with E-state index in [4.69, 9.17) is 4.74 Å². The van der Waals surface area contributed by atoms with Gasteiger partial charge in [0.15, 0.2) is 0 Å². The van der Waals surface area contributed by atoms with E-state index in [2.05, 4.69) is 101 Å². The first kappa shape index (κ1) is 35.6. The number of ether oxygens (including phenoxy) is 1. The maximum absolute atomic E-state index is 6.45. The van der Waals surface area contributed by atoms with Crippen LogP contribution in [0.1, 0.15) is 121 Å². The monoisotopic (exact) mass is 604 g/mol. The number of rotatable bonds is 11. The molecule has 1 saturated carbocycles. The molecular formula is C37H73N5O. The van der Waals surface area contributed by atoms with Gasteiger partial charge in [-0.2, -0.15) is 0 Å². The highest BCUT2D eigenvalue weighted by Gasteiger charge is 2.42. The summed E-state index contributed by atoms with van der Waals surface area (Å²) in [6, 6.07) is 3.36. The minimum absolute atomic E-state index is 0.0408. The van der Waals surface area contributed by atoms with Crippen LogP contribution in [0.25, 0.3) is 0 Å². The van der Waals surface area contributed by atoms with Crippen molar-refractivity contribution >= 4 is 0 Å². The van der Waals surface area contributed by atoms with Crippen molar-refractivity contribution < 1.29 is 4.74 Å². The van der Waals surface area contributed by atoms with E-state index >= 15 is 0 Å². The van der Waals surface area contributed by atoms with Gasteiger partial charge in [-0.25, -0.2) is 0 Å². The Bertz CT molecular complexity index is 804. The summed E-state index contributed by atoms with van der Waals surface area (Å²) in [5, 5.41) is 0. The molecule has 0 radical (unpaired) electrons. The lowest BCUT2D eigenvalue weighted by Gasteiger charge is -2.51. The second kappa shape index (κ2) is 15.1. The van der Waals surface area contributed by atoms with Crippen LogP contribution in [0.3, 0.4) is 0 Å². The highest BCUT2D eigenvalue weighted by atomic mass is 16.5. The summed E-state index contributed by atoms with van der Waals surface area (Å²) in [5.41, 5.74) is 0.245. The van der Waals surface area contributed by atoms with Crippen LogP contribution in [0.15, 0.2) is 0 Å². The number of likely N-dealkylation sites (tertiary alicyclic amines) is 2. The molecule has 3 aliphatic heterocycles. The molecule has 0 aromatic carbocycles. The molecule has 43 heavy (non-hydrogen) atoms. The van der Waals surface area contributed by atoms with Crippen molar-refractivity contribution in [3.8, 4) is 0 Å². The molecule has 6 nitrogen and oxygen atoms in total. The zero-order valence-corrected chi connectivity index (χ0v) is 30.6. The third-order valence-electron chi connectivity index (χ3n) is 11.6. The van der Waals surface area contributed by atoms with Crippen LogP contribution >= 0.6 is 0 Å². The van der Waals surface area contributed by atoms with E-state index in [-0.39, 0.29) is 11.1 Å².